The fourth-order valence-corrected chi connectivity index (χ4v) is 1.88. The highest BCUT2D eigenvalue weighted by Gasteiger charge is 2.17. The quantitative estimate of drug-likeness (QED) is 0.844. The van der Waals surface area contributed by atoms with E-state index in [-0.39, 0.29) is 5.91 Å². The Morgan fingerprint density at radius 1 is 1.33 bits per heavy atom. The minimum absolute atomic E-state index is 0.154. The number of rotatable bonds is 1. The minimum Gasteiger partial charge on any atom is -0.486 e. The smallest absolute Gasteiger partial charge is 0.252 e. The molecule has 0 radical (unpaired) electrons. The lowest BCUT2D eigenvalue weighted by molar-refractivity contribution is 0.0961. The zero-order valence-corrected chi connectivity index (χ0v) is 9.76. The van der Waals surface area contributed by atoms with Crippen LogP contribution >= 0.6 is 15.9 Å². The van der Waals surface area contributed by atoms with Gasteiger partial charge < -0.3 is 14.8 Å². The van der Waals surface area contributed by atoms with Gasteiger partial charge in [0.15, 0.2) is 11.5 Å². The van der Waals surface area contributed by atoms with Crippen molar-refractivity contribution in [1.82, 2.24) is 5.32 Å². The van der Waals surface area contributed by atoms with Gasteiger partial charge in [-0.15, -0.1) is 0 Å². The molecule has 0 atom stereocenters. The van der Waals surface area contributed by atoms with Crippen LogP contribution in [0.4, 0.5) is 0 Å². The zero-order valence-electron chi connectivity index (χ0n) is 8.17. The van der Waals surface area contributed by atoms with E-state index in [0.29, 0.717) is 34.7 Å². The van der Waals surface area contributed by atoms with Crippen LogP contribution in [0, 0.1) is 0 Å². The first kappa shape index (κ1) is 10.3. The molecule has 0 saturated heterocycles. The van der Waals surface area contributed by atoms with E-state index in [4.69, 9.17) is 9.47 Å². The molecule has 0 bridgehead atoms. The number of benzene rings is 1. The predicted octanol–water partition coefficient (Wildman–Crippen LogP) is 1.58. The molecule has 1 amide bonds. The molecular weight excluding hydrogens is 262 g/mol. The first-order chi connectivity index (χ1) is 7.22. The summed E-state index contributed by atoms with van der Waals surface area (Å²) in [5, 5.41) is 2.56. The van der Waals surface area contributed by atoms with Gasteiger partial charge in [-0.2, -0.15) is 0 Å². The fourth-order valence-electron chi connectivity index (χ4n) is 1.37. The molecule has 1 aromatic rings. The minimum atomic E-state index is -0.154. The third-order valence-corrected chi connectivity index (χ3v) is 2.76. The molecular formula is C10H10BrNO3. The molecule has 4 nitrogen and oxygen atoms in total. The monoisotopic (exact) mass is 271 g/mol. The van der Waals surface area contributed by atoms with Crippen LogP contribution in [0.15, 0.2) is 16.6 Å². The number of fused-ring (bicyclic) bond motifs is 1. The summed E-state index contributed by atoms with van der Waals surface area (Å²) < 4.78 is 11.5. The van der Waals surface area contributed by atoms with Gasteiger partial charge in [-0.25, -0.2) is 0 Å². The molecule has 0 saturated carbocycles. The Balaban J connectivity index is 2.44. The summed E-state index contributed by atoms with van der Waals surface area (Å²) >= 11 is 3.32. The molecule has 0 aromatic heterocycles. The number of halogens is 1. The van der Waals surface area contributed by atoms with Crippen molar-refractivity contribution in [3.05, 3.63) is 22.2 Å². The summed E-state index contributed by atoms with van der Waals surface area (Å²) in [7, 11) is 1.59. The van der Waals surface area contributed by atoms with Gasteiger partial charge in [0.25, 0.3) is 5.91 Å². The van der Waals surface area contributed by atoms with Crippen LogP contribution < -0.4 is 14.8 Å². The van der Waals surface area contributed by atoms with Crippen LogP contribution in [0.5, 0.6) is 11.5 Å². The number of nitrogens with one attached hydrogen (secondary N) is 1. The molecule has 1 N–H and O–H groups in total. The topological polar surface area (TPSA) is 47.6 Å². The number of ether oxygens (including phenoxy) is 2. The standard InChI is InChI=1S/C10H10BrNO3/c1-12-10(13)6-4-8-9(5-7(6)11)15-3-2-14-8/h4-5H,2-3H2,1H3,(H,12,13). The number of hydrogen-bond donors (Lipinski definition) is 1. The summed E-state index contributed by atoms with van der Waals surface area (Å²) in [6.07, 6.45) is 0. The van der Waals surface area contributed by atoms with Gasteiger partial charge in [0, 0.05) is 11.5 Å². The van der Waals surface area contributed by atoms with Crippen LogP contribution in [0.3, 0.4) is 0 Å². The molecule has 80 valence electrons. The second kappa shape index (κ2) is 4.10. The van der Waals surface area contributed by atoms with Gasteiger partial charge in [0.1, 0.15) is 13.2 Å². The first-order valence-corrected chi connectivity index (χ1v) is 5.33. The Hall–Kier alpha value is -1.23. The summed E-state index contributed by atoms with van der Waals surface area (Å²) in [6, 6.07) is 3.43. The predicted molar refractivity (Wildman–Crippen MR) is 58.5 cm³/mol. The van der Waals surface area contributed by atoms with E-state index in [1.165, 1.54) is 0 Å². The third kappa shape index (κ3) is 1.92. The lowest BCUT2D eigenvalue weighted by Gasteiger charge is -2.19. The van der Waals surface area contributed by atoms with Crippen molar-refractivity contribution in [2.45, 2.75) is 0 Å². The van der Waals surface area contributed by atoms with Crippen LogP contribution in [0.25, 0.3) is 0 Å². The molecule has 1 heterocycles. The largest absolute Gasteiger partial charge is 0.486 e. The molecule has 0 unspecified atom stereocenters. The second-order valence-electron chi connectivity index (χ2n) is 3.05. The van der Waals surface area contributed by atoms with Crippen LogP contribution in [0.2, 0.25) is 0 Å². The number of hydrogen-bond acceptors (Lipinski definition) is 3. The van der Waals surface area contributed by atoms with E-state index in [1.54, 1.807) is 19.2 Å². The lowest BCUT2D eigenvalue weighted by Crippen LogP contribution is -2.20. The van der Waals surface area contributed by atoms with Crippen molar-refractivity contribution < 1.29 is 14.3 Å². The van der Waals surface area contributed by atoms with Crippen molar-refractivity contribution in [2.75, 3.05) is 20.3 Å². The Bertz CT molecular complexity index is 406. The zero-order chi connectivity index (χ0) is 10.8. The van der Waals surface area contributed by atoms with E-state index in [9.17, 15) is 4.79 Å². The Kier molecular flexibility index (Phi) is 2.81. The highest BCUT2D eigenvalue weighted by atomic mass is 79.9. The number of carbonyl (C=O) groups excluding carboxylic acids is 1. The molecule has 0 spiro atoms. The van der Waals surface area contributed by atoms with Gasteiger partial charge >= 0.3 is 0 Å². The summed E-state index contributed by atoms with van der Waals surface area (Å²) in [5.74, 6) is 1.13. The molecule has 2 rings (SSSR count). The van der Waals surface area contributed by atoms with Crippen molar-refractivity contribution >= 4 is 21.8 Å². The summed E-state index contributed by atoms with van der Waals surface area (Å²) in [6.45, 7) is 1.06. The van der Waals surface area contributed by atoms with Gasteiger partial charge in [0.05, 0.1) is 5.56 Å². The number of amides is 1. The van der Waals surface area contributed by atoms with Crippen molar-refractivity contribution in [3.63, 3.8) is 0 Å². The van der Waals surface area contributed by atoms with E-state index < -0.39 is 0 Å². The normalized spacial score (nSPS) is 13.5. The van der Waals surface area contributed by atoms with Gasteiger partial charge in [-0.05, 0) is 28.1 Å². The van der Waals surface area contributed by atoms with Crippen molar-refractivity contribution in [2.24, 2.45) is 0 Å². The van der Waals surface area contributed by atoms with Gasteiger partial charge in [-0.1, -0.05) is 0 Å². The highest BCUT2D eigenvalue weighted by Crippen LogP contribution is 2.35. The van der Waals surface area contributed by atoms with E-state index in [0.717, 1.165) is 0 Å². The van der Waals surface area contributed by atoms with E-state index >= 15 is 0 Å². The fraction of sp³-hybridized carbons (Fsp3) is 0.300. The average molecular weight is 272 g/mol. The molecule has 1 aliphatic heterocycles. The first-order valence-electron chi connectivity index (χ1n) is 4.53. The maximum atomic E-state index is 11.5. The van der Waals surface area contributed by atoms with Gasteiger partial charge in [0.2, 0.25) is 0 Å². The molecule has 1 aromatic carbocycles. The maximum absolute atomic E-state index is 11.5. The SMILES string of the molecule is CNC(=O)c1cc2c(cc1Br)OCCO2. The molecule has 0 fully saturated rings. The third-order valence-electron chi connectivity index (χ3n) is 2.10. The van der Waals surface area contributed by atoms with Gasteiger partial charge in [-0.3, -0.25) is 4.79 Å². The molecule has 1 aliphatic rings. The summed E-state index contributed by atoms with van der Waals surface area (Å²) in [5.41, 5.74) is 0.543. The average Bonchev–Trinajstić information content (AvgIpc) is 2.27. The molecule has 5 heteroatoms. The Morgan fingerprint density at radius 3 is 2.53 bits per heavy atom. The Morgan fingerprint density at radius 2 is 1.93 bits per heavy atom. The summed E-state index contributed by atoms with van der Waals surface area (Å²) in [4.78, 5) is 11.5. The molecule has 0 aliphatic carbocycles. The highest BCUT2D eigenvalue weighted by molar-refractivity contribution is 9.10. The van der Waals surface area contributed by atoms with Crippen molar-refractivity contribution in [1.29, 1.82) is 0 Å². The van der Waals surface area contributed by atoms with E-state index in [2.05, 4.69) is 21.2 Å². The van der Waals surface area contributed by atoms with Crippen LogP contribution in [-0.4, -0.2) is 26.2 Å². The molecule has 15 heavy (non-hydrogen) atoms. The number of carbonyl (C=O) groups is 1. The van der Waals surface area contributed by atoms with Crippen molar-refractivity contribution in [3.8, 4) is 11.5 Å². The maximum Gasteiger partial charge on any atom is 0.252 e. The van der Waals surface area contributed by atoms with E-state index in [1.807, 2.05) is 0 Å². The lowest BCUT2D eigenvalue weighted by atomic mass is 10.2. The Labute approximate surface area is 95.7 Å². The second-order valence-corrected chi connectivity index (χ2v) is 3.91. The van der Waals surface area contributed by atoms with Crippen LogP contribution in [-0.2, 0) is 0 Å². The van der Waals surface area contributed by atoms with Crippen LogP contribution in [0.1, 0.15) is 10.4 Å².